The van der Waals surface area contributed by atoms with E-state index < -0.39 is 0 Å². The van der Waals surface area contributed by atoms with Crippen molar-refractivity contribution < 1.29 is 4.79 Å². The van der Waals surface area contributed by atoms with Crippen LogP contribution in [0.3, 0.4) is 0 Å². The monoisotopic (exact) mass is 378 g/mol. The van der Waals surface area contributed by atoms with Crippen LogP contribution in [-0.4, -0.2) is 29.8 Å². The Balaban J connectivity index is 1.52. The van der Waals surface area contributed by atoms with Crippen molar-refractivity contribution in [2.24, 2.45) is 13.0 Å². The molecule has 0 saturated heterocycles. The van der Waals surface area contributed by atoms with Crippen molar-refractivity contribution in [3.63, 3.8) is 0 Å². The number of nitrogens with one attached hydrogen (secondary N) is 1. The fraction of sp³-hybridized carbons (Fsp3) is 0.300. The summed E-state index contributed by atoms with van der Waals surface area (Å²) in [6.07, 6.45) is 4.90. The van der Waals surface area contributed by atoms with Crippen LogP contribution in [0.5, 0.6) is 0 Å². The zero-order valence-electron chi connectivity index (χ0n) is 16.1. The molecule has 0 spiro atoms. The lowest BCUT2D eigenvalue weighted by Crippen LogP contribution is -2.27. The Kier molecular flexibility index (Phi) is 4.46. The van der Waals surface area contributed by atoms with Gasteiger partial charge in [-0.1, -0.05) is 13.8 Å². The second kappa shape index (κ2) is 6.95. The minimum atomic E-state index is -0.284. The highest BCUT2D eigenvalue weighted by molar-refractivity contribution is 5.94. The molecule has 4 aromatic rings. The van der Waals surface area contributed by atoms with Crippen molar-refractivity contribution >= 4 is 33.5 Å². The predicted octanol–water partition coefficient (Wildman–Crippen LogP) is 2.38. The molecule has 8 heteroatoms. The lowest BCUT2D eigenvalue weighted by molar-refractivity contribution is -0.116. The Morgan fingerprint density at radius 3 is 2.82 bits per heavy atom. The van der Waals surface area contributed by atoms with E-state index in [1.807, 2.05) is 24.3 Å². The number of amides is 1. The second-order valence-electron chi connectivity index (χ2n) is 7.37. The van der Waals surface area contributed by atoms with Crippen LogP contribution in [0, 0.1) is 5.92 Å². The van der Waals surface area contributed by atoms with E-state index in [2.05, 4.69) is 40.0 Å². The van der Waals surface area contributed by atoms with Crippen LogP contribution in [0.15, 0.2) is 47.8 Å². The molecule has 0 fully saturated rings. The minimum Gasteiger partial charge on any atom is -0.347 e. The molecule has 1 amide bonds. The van der Waals surface area contributed by atoms with Crippen molar-refractivity contribution in [1.82, 2.24) is 23.9 Å². The number of nitrogens with zero attached hydrogens (tertiary/aromatic N) is 5. The molecule has 0 saturated carbocycles. The van der Waals surface area contributed by atoms with Crippen molar-refractivity contribution in [1.29, 1.82) is 0 Å². The van der Waals surface area contributed by atoms with Gasteiger partial charge in [0, 0.05) is 36.4 Å². The van der Waals surface area contributed by atoms with Gasteiger partial charge in [-0.05, 0) is 30.2 Å². The maximum absolute atomic E-state index is 12.5. The van der Waals surface area contributed by atoms with E-state index >= 15 is 0 Å². The summed E-state index contributed by atoms with van der Waals surface area (Å²) in [6, 6.07) is 7.86. The summed E-state index contributed by atoms with van der Waals surface area (Å²) in [4.78, 5) is 29.1. The average molecular weight is 378 g/mol. The molecule has 0 aliphatic carbocycles. The highest BCUT2D eigenvalue weighted by Gasteiger charge is 2.11. The number of benzene rings is 1. The highest BCUT2D eigenvalue weighted by Crippen LogP contribution is 2.21. The number of aryl methyl sites for hydroxylation is 1. The smallest absolute Gasteiger partial charge is 0.264 e. The summed E-state index contributed by atoms with van der Waals surface area (Å²) in [6.45, 7) is 5.20. The molecule has 144 valence electrons. The van der Waals surface area contributed by atoms with Crippen LogP contribution in [0.25, 0.3) is 21.9 Å². The highest BCUT2D eigenvalue weighted by atomic mass is 16.2. The molecule has 0 unspecified atom stereocenters. The third-order valence-electron chi connectivity index (χ3n) is 4.65. The van der Waals surface area contributed by atoms with Crippen LogP contribution >= 0.6 is 0 Å². The minimum absolute atomic E-state index is 0.108. The fourth-order valence-corrected chi connectivity index (χ4v) is 3.36. The first-order valence-corrected chi connectivity index (χ1v) is 9.18. The average Bonchev–Trinajstić information content (AvgIpc) is 3.21. The van der Waals surface area contributed by atoms with E-state index in [1.54, 1.807) is 7.05 Å². The molecule has 1 N–H and O–H groups in total. The molecule has 8 nitrogen and oxygen atoms in total. The van der Waals surface area contributed by atoms with E-state index in [9.17, 15) is 9.59 Å². The molecule has 3 aromatic heterocycles. The number of hydrogen-bond acceptors (Lipinski definition) is 4. The first-order valence-electron chi connectivity index (χ1n) is 9.18. The maximum atomic E-state index is 12.5. The number of carbonyl (C=O) groups is 1. The molecule has 0 aliphatic rings. The number of aromatic nitrogens is 5. The number of anilines is 1. The number of hydrogen-bond donors (Lipinski definition) is 1. The Morgan fingerprint density at radius 1 is 1.21 bits per heavy atom. The van der Waals surface area contributed by atoms with Gasteiger partial charge >= 0.3 is 0 Å². The summed E-state index contributed by atoms with van der Waals surface area (Å²) in [5.74, 6) is 0.271. The van der Waals surface area contributed by atoms with Crippen LogP contribution < -0.4 is 10.9 Å². The Hall–Kier alpha value is -3.42. The molecule has 0 bridgehead atoms. The molecule has 4 rings (SSSR count). The van der Waals surface area contributed by atoms with Gasteiger partial charge in [0.15, 0.2) is 5.65 Å². The van der Waals surface area contributed by atoms with Crippen LogP contribution in [-0.2, 0) is 24.9 Å². The van der Waals surface area contributed by atoms with Gasteiger partial charge in [-0.25, -0.2) is 4.98 Å². The summed E-state index contributed by atoms with van der Waals surface area (Å²) >= 11 is 0. The van der Waals surface area contributed by atoms with Gasteiger partial charge in [0.1, 0.15) is 18.3 Å². The largest absolute Gasteiger partial charge is 0.347 e. The van der Waals surface area contributed by atoms with Gasteiger partial charge in [0.25, 0.3) is 5.56 Å². The number of carbonyl (C=O) groups excluding carboxylic acids is 1. The van der Waals surface area contributed by atoms with Gasteiger partial charge in [-0.15, -0.1) is 0 Å². The van der Waals surface area contributed by atoms with Gasteiger partial charge < -0.3 is 9.88 Å². The van der Waals surface area contributed by atoms with Crippen molar-refractivity contribution in [3.8, 4) is 0 Å². The SMILES string of the molecule is CC(C)Cn1ccc2cc(NC(=O)Cn3cnc4c(cnn4C)c3=O)ccc21. The van der Waals surface area contributed by atoms with E-state index in [1.165, 1.54) is 21.8 Å². The molecular formula is C20H22N6O2. The lowest BCUT2D eigenvalue weighted by atomic mass is 10.2. The quantitative estimate of drug-likeness (QED) is 0.578. The van der Waals surface area contributed by atoms with Crippen LogP contribution in [0.4, 0.5) is 5.69 Å². The standard InChI is InChI=1S/C20H22N6O2/c1-13(2)10-25-7-6-14-8-15(4-5-17(14)25)23-18(27)11-26-12-21-19-16(20(26)28)9-22-24(19)3/h4-9,12-13H,10-11H2,1-3H3,(H,23,27). The van der Waals surface area contributed by atoms with Gasteiger partial charge in [0.05, 0.1) is 6.20 Å². The third-order valence-corrected chi connectivity index (χ3v) is 4.65. The summed E-state index contributed by atoms with van der Waals surface area (Å²) in [5, 5.41) is 8.35. The zero-order chi connectivity index (χ0) is 19.8. The third kappa shape index (κ3) is 3.28. The summed E-state index contributed by atoms with van der Waals surface area (Å²) in [5.41, 5.74) is 2.05. The second-order valence-corrected chi connectivity index (χ2v) is 7.37. The van der Waals surface area contributed by atoms with E-state index in [0.717, 1.165) is 17.4 Å². The molecule has 3 heterocycles. The molecule has 0 atom stereocenters. The fourth-order valence-electron chi connectivity index (χ4n) is 3.36. The molecule has 0 radical (unpaired) electrons. The molecular weight excluding hydrogens is 356 g/mol. The van der Waals surface area contributed by atoms with Gasteiger partial charge in [-0.2, -0.15) is 5.10 Å². The van der Waals surface area contributed by atoms with Crippen molar-refractivity contribution in [2.75, 3.05) is 5.32 Å². The number of rotatable bonds is 5. The molecule has 28 heavy (non-hydrogen) atoms. The summed E-state index contributed by atoms with van der Waals surface area (Å²) < 4.78 is 5.03. The van der Waals surface area contributed by atoms with Crippen molar-refractivity contribution in [2.45, 2.75) is 26.9 Å². The van der Waals surface area contributed by atoms with Crippen LogP contribution in [0.1, 0.15) is 13.8 Å². The van der Waals surface area contributed by atoms with Crippen LogP contribution in [0.2, 0.25) is 0 Å². The first-order chi connectivity index (χ1) is 13.4. The van der Waals surface area contributed by atoms with Crippen molar-refractivity contribution in [3.05, 3.63) is 53.3 Å². The topological polar surface area (TPSA) is 86.7 Å². The van der Waals surface area contributed by atoms with Gasteiger partial charge in [-0.3, -0.25) is 18.8 Å². The predicted molar refractivity (Wildman–Crippen MR) is 108 cm³/mol. The van der Waals surface area contributed by atoms with E-state index in [0.29, 0.717) is 22.6 Å². The molecule has 1 aromatic carbocycles. The van der Waals surface area contributed by atoms with Gasteiger partial charge in [0.2, 0.25) is 5.91 Å². The lowest BCUT2D eigenvalue weighted by Gasteiger charge is -2.10. The molecule has 0 aliphatic heterocycles. The zero-order valence-corrected chi connectivity index (χ0v) is 16.1. The Labute approximate surface area is 161 Å². The Bertz CT molecular complexity index is 1230. The summed E-state index contributed by atoms with van der Waals surface area (Å²) in [7, 11) is 1.72. The Morgan fingerprint density at radius 2 is 2.04 bits per heavy atom. The van der Waals surface area contributed by atoms with E-state index in [-0.39, 0.29) is 18.0 Å². The van der Waals surface area contributed by atoms with E-state index in [4.69, 9.17) is 0 Å². The first kappa shape index (κ1) is 18.0. The maximum Gasteiger partial charge on any atom is 0.264 e. The normalized spacial score (nSPS) is 11.6. The number of fused-ring (bicyclic) bond motifs is 2.